The van der Waals surface area contributed by atoms with Crippen molar-refractivity contribution in [2.75, 3.05) is 5.32 Å². The number of hydrogen-bond acceptors (Lipinski definition) is 4. The molecular weight excluding hydrogens is 498 g/mol. The molecule has 0 bridgehead atoms. The van der Waals surface area contributed by atoms with Crippen LogP contribution in [0.15, 0.2) is 60.7 Å². The number of rotatable bonds is 5. The third kappa shape index (κ3) is 4.81. The van der Waals surface area contributed by atoms with Gasteiger partial charge in [0.1, 0.15) is 23.5 Å². The molecule has 0 amide bonds. The van der Waals surface area contributed by atoms with Crippen LogP contribution in [-0.2, 0) is 11.0 Å². The van der Waals surface area contributed by atoms with Crippen molar-refractivity contribution in [2.45, 2.75) is 19.1 Å². The molecule has 1 heterocycles. The summed E-state index contributed by atoms with van der Waals surface area (Å²) >= 11 is 5.84. The largest absolute Gasteiger partial charge is 0.480 e. The molecule has 4 rings (SSSR count). The minimum atomic E-state index is -4.57. The Hall–Kier alpha value is -4.16. The van der Waals surface area contributed by atoms with Crippen LogP contribution in [0.5, 0.6) is 0 Å². The van der Waals surface area contributed by atoms with E-state index in [2.05, 4.69) is 10.3 Å². The van der Waals surface area contributed by atoms with Gasteiger partial charge >= 0.3 is 12.1 Å². The molecule has 182 valence electrons. The Morgan fingerprint density at radius 1 is 1.06 bits per heavy atom. The molecule has 10 heteroatoms. The maximum atomic E-state index is 14.0. The van der Waals surface area contributed by atoms with E-state index < -0.39 is 34.6 Å². The second-order valence-corrected chi connectivity index (χ2v) is 8.36. The molecule has 36 heavy (non-hydrogen) atoms. The van der Waals surface area contributed by atoms with Crippen LogP contribution in [-0.4, -0.2) is 22.1 Å². The number of alkyl halides is 3. The minimum absolute atomic E-state index is 0.0199. The Kier molecular flexibility index (Phi) is 6.57. The van der Waals surface area contributed by atoms with Crippen LogP contribution in [0.4, 0.5) is 23.2 Å². The predicted molar refractivity (Wildman–Crippen MR) is 128 cm³/mol. The Labute approximate surface area is 207 Å². The van der Waals surface area contributed by atoms with E-state index in [1.54, 1.807) is 24.3 Å². The number of halogens is 5. The average Bonchev–Trinajstić information content (AvgIpc) is 2.83. The van der Waals surface area contributed by atoms with Crippen LogP contribution in [0.25, 0.3) is 33.3 Å². The zero-order valence-electron chi connectivity index (χ0n) is 18.5. The molecule has 0 radical (unpaired) electrons. The van der Waals surface area contributed by atoms with Gasteiger partial charge in [0, 0.05) is 10.9 Å². The second-order valence-electron chi connectivity index (χ2n) is 7.96. The van der Waals surface area contributed by atoms with E-state index in [4.69, 9.17) is 11.6 Å². The number of fused-ring (bicyclic) bond motifs is 1. The summed E-state index contributed by atoms with van der Waals surface area (Å²) in [6, 6.07) is 14.7. The van der Waals surface area contributed by atoms with E-state index >= 15 is 0 Å². The van der Waals surface area contributed by atoms with Gasteiger partial charge in [0.2, 0.25) is 0 Å². The number of pyridine rings is 1. The first kappa shape index (κ1) is 24.9. The van der Waals surface area contributed by atoms with Gasteiger partial charge < -0.3 is 10.4 Å². The summed E-state index contributed by atoms with van der Waals surface area (Å²) < 4.78 is 53.0. The van der Waals surface area contributed by atoms with Crippen LogP contribution in [0.3, 0.4) is 0 Å². The highest BCUT2D eigenvalue weighted by atomic mass is 35.5. The molecule has 1 unspecified atom stereocenters. The number of benzene rings is 3. The van der Waals surface area contributed by atoms with Crippen molar-refractivity contribution in [1.82, 2.24) is 4.98 Å². The number of carbonyl (C=O) groups is 1. The number of hydrogen-bond donors (Lipinski definition) is 2. The Morgan fingerprint density at radius 2 is 1.69 bits per heavy atom. The van der Waals surface area contributed by atoms with Gasteiger partial charge in [-0.2, -0.15) is 18.4 Å². The predicted octanol–water partition coefficient (Wildman–Crippen LogP) is 7.14. The third-order valence-electron chi connectivity index (χ3n) is 5.56. The van der Waals surface area contributed by atoms with Crippen LogP contribution in [0, 0.1) is 17.1 Å². The van der Waals surface area contributed by atoms with Gasteiger partial charge in [-0.25, -0.2) is 9.37 Å². The molecule has 0 aliphatic carbocycles. The first-order valence-corrected chi connectivity index (χ1v) is 10.9. The molecule has 5 nitrogen and oxygen atoms in total. The van der Waals surface area contributed by atoms with E-state index in [-0.39, 0.29) is 22.3 Å². The van der Waals surface area contributed by atoms with Crippen molar-refractivity contribution >= 4 is 34.2 Å². The van der Waals surface area contributed by atoms with E-state index in [9.17, 15) is 32.7 Å². The van der Waals surface area contributed by atoms with Gasteiger partial charge in [0.25, 0.3) is 0 Å². The summed E-state index contributed by atoms with van der Waals surface area (Å²) in [5.74, 6) is -1.74. The van der Waals surface area contributed by atoms with Gasteiger partial charge in [-0.15, -0.1) is 0 Å². The number of anilines is 1. The Morgan fingerprint density at radius 3 is 2.28 bits per heavy atom. The van der Waals surface area contributed by atoms with Crippen molar-refractivity contribution in [2.24, 2.45) is 0 Å². The summed E-state index contributed by atoms with van der Waals surface area (Å²) in [4.78, 5) is 15.9. The fourth-order valence-electron chi connectivity index (χ4n) is 3.73. The van der Waals surface area contributed by atoms with Crippen LogP contribution < -0.4 is 5.32 Å². The van der Waals surface area contributed by atoms with Gasteiger partial charge in [-0.3, -0.25) is 4.79 Å². The van der Waals surface area contributed by atoms with Gasteiger partial charge in [0.05, 0.1) is 27.5 Å². The van der Waals surface area contributed by atoms with Crippen LogP contribution >= 0.6 is 11.6 Å². The average molecular weight is 514 g/mol. The molecule has 0 aliphatic rings. The third-order valence-corrected chi connectivity index (χ3v) is 5.87. The van der Waals surface area contributed by atoms with Crippen LogP contribution in [0.1, 0.15) is 18.1 Å². The molecule has 4 aromatic rings. The molecule has 0 saturated carbocycles. The highest BCUT2D eigenvalue weighted by Crippen LogP contribution is 2.38. The summed E-state index contributed by atoms with van der Waals surface area (Å²) in [6.45, 7) is 1.39. The zero-order valence-corrected chi connectivity index (χ0v) is 19.2. The molecule has 2 N–H and O–H groups in total. The van der Waals surface area contributed by atoms with Crippen molar-refractivity contribution in [3.63, 3.8) is 0 Å². The lowest BCUT2D eigenvalue weighted by atomic mass is 9.98. The number of nitrogens with one attached hydrogen (secondary N) is 1. The molecule has 0 saturated heterocycles. The normalized spacial score (nSPS) is 12.2. The summed E-state index contributed by atoms with van der Waals surface area (Å²) in [7, 11) is 0. The lowest BCUT2D eigenvalue weighted by Crippen LogP contribution is -2.26. The maximum Gasteiger partial charge on any atom is 0.417 e. The Balaban J connectivity index is 1.82. The van der Waals surface area contributed by atoms with Gasteiger partial charge in [-0.1, -0.05) is 41.9 Å². The highest BCUT2D eigenvalue weighted by Gasteiger charge is 2.33. The topological polar surface area (TPSA) is 86.0 Å². The molecule has 1 aromatic heterocycles. The number of nitrogens with zero attached hydrogens (tertiary/aromatic N) is 2. The first-order chi connectivity index (χ1) is 17.0. The van der Waals surface area contributed by atoms with E-state index in [0.717, 1.165) is 6.07 Å². The SMILES string of the molecule is CC(Nc1c(C#N)c(-c2ccc(-c3ccc(C(F)(F)F)c(Cl)c3)cc2)nc2ccc(F)cc12)C(=O)O. The van der Waals surface area contributed by atoms with Gasteiger partial charge in [-0.05, 0) is 48.4 Å². The van der Waals surface area contributed by atoms with E-state index in [0.29, 0.717) is 22.2 Å². The first-order valence-electron chi connectivity index (χ1n) is 10.5. The van der Waals surface area contributed by atoms with Crippen molar-refractivity contribution in [3.8, 4) is 28.5 Å². The quantitative estimate of drug-likeness (QED) is 0.277. The van der Waals surface area contributed by atoms with Gasteiger partial charge in [0.15, 0.2) is 0 Å². The standard InChI is InChI=1S/C26H16ClF4N3O2/c1-13(25(35)36)33-24-18-11-17(28)7-9-22(18)34-23(19(24)12-32)15-4-2-14(3-5-15)16-6-8-20(21(27)10-16)26(29,30)31/h2-11,13H,1H3,(H,33,34)(H,35,36). The summed E-state index contributed by atoms with van der Waals surface area (Å²) in [5, 5.41) is 21.8. The van der Waals surface area contributed by atoms with Crippen molar-refractivity contribution in [1.29, 1.82) is 5.26 Å². The fourth-order valence-corrected chi connectivity index (χ4v) is 4.01. The van der Waals surface area contributed by atoms with E-state index in [1.165, 1.54) is 37.3 Å². The zero-order chi connectivity index (χ0) is 26.2. The number of aromatic nitrogens is 1. The molecular formula is C26H16ClF4N3O2. The minimum Gasteiger partial charge on any atom is -0.480 e. The molecule has 0 spiro atoms. The molecule has 3 aromatic carbocycles. The molecule has 0 fully saturated rings. The summed E-state index contributed by atoms with van der Waals surface area (Å²) in [5.41, 5.74) is 1.31. The highest BCUT2D eigenvalue weighted by molar-refractivity contribution is 6.31. The lowest BCUT2D eigenvalue weighted by molar-refractivity contribution is -0.138. The lowest BCUT2D eigenvalue weighted by Gasteiger charge is -2.17. The van der Waals surface area contributed by atoms with Crippen molar-refractivity contribution in [3.05, 3.63) is 82.6 Å². The van der Waals surface area contributed by atoms with Crippen molar-refractivity contribution < 1.29 is 27.5 Å². The number of aliphatic carboxylic acids is 1. The fraction of sp³-hybridized carbons (Fsp3) is 0.115. The Bertz CT molecular complexity index is 1530. The maximum absolute atomic E-state index is 14.0. The number of carboxylic acids is 1. The van der Waals surface area contributed by atoms with E-state index in [1.807, 2.05) is 6.07 Å². The second kappa shape index (κ2) is 9.47. The van der Waals surface area contributed by atoms with Crippen LogP contribution in [0.2, 0.25) is 5.02 Å². The molecule has 0 aliphatic heterocycles. The molecule has 1 atom stereocenters. The number of nitriles is 1. The number of carboxylic acid groups (broad SMARTS) is 1. The monoisotopic (exact) mass is 513 g/mol. The summed E-state index contributed by atoms with van der Waals surface area (Å²) in [6.07, 6.45) is -4.57. The smallest absolute Gasteiger partial charge is 0.417 e.